The van der Waals surface area contributed by atoms with E-state index >= 15 is 0 Å². The van der Waals surface area contributed by atoms with E-state index in [-0.39, 0.29) is 35.1 Å². The van der Waals surface area contributed by atoms with Gasteiger partial charge in [-0.3, -0.25) is 14.4 Å². The van der Waals surface area contributed by atoms with Crippen LogP contribution >= 0.6 is 11.6 Å². The Morgan fingerprint density at radius 2 is 1.91 bits per heavy atom. The van der Waals surface area contributed by atoms with Gasteiger partial charge in [0.25, 0.3) is 5.91 Å². The lowest BCUT2D eigenvalue weighted by Gasteiger charge is -2.14. The number of rotatable bonds is 8. The fraction of sp³-hybridized carbons (Fsp3) is 0.304. The number of anilines is 1. The summed E-state index contributed by atoms with van der Waals surface area (Å²) in [5.74, 6) is -1.46. The summed E-state index contributed by atoms with van der Waals surface area (Å²) in [5.41, 5.74) is 5.39. The van der Waals surface area contributed by atoms with E-state index in [4.69, 9.17) is 21.1 Å². The number of amides is 3. The number of hydrogen-bond acceptors (Lipinski definition) is 6. The molecule has 1 aliphatic rings. The maximum Gasteiger partial charge on any atom is 0.329 e. The average molecular weight is 473 g/mol. The second-order valence-corrected chi connectivity index (χ2v) is 8.04. The van der Waals surface area contributed by atoms with Gasteiger partial charge in [-0.2, -0.15) is 5.10 Å². The molecule has 9 nitrogen and oxygen atoms in total. The van der Waals surface area contributed by atoms with Crippen LogP contribution in [0.2, 0.25) is 5.02 Å². The average Bonchev–Trinajstić information content (AvgIpc) is 3.58. The van der Waals surface area contributed by atoms with Gasteiger partial charge in [-0.25, -0.2) is 5.43 Å². The van der Waals surface area contributed by atoms with E-state index in [0.717, 1.165) is 24.0 Å². The first kappa shape index (κ1) is 24.1. The maximum atomic E-state index is 12.3. The topological polar surface area (TPSA) is 118 Å². The number of aryl methyl sites for hydroxylation is 2. The fourth-order valence-electron chi connectivity index (χ4n) is 2.93. The number of hydrazone groups is 1. The van der Waals surface area contributed by atoms with E-state index in [1.54, 1.807) is 6.07 Å². The third-order valence-corrected chi connectivity index (χ3v) is 5.03. The van der Waals surface area contributed by atoms with Crippen molar-refractivity contribution in [1.82, 2.24) is 10.7 Å². The predicted molar refractivity (Wildman–Crippen MR) is 125 cm³/mol. The summed E-state index contributed by atoms with van der Waals surface area (Å²) < 4.78 is 10.9. The van der Waals surface area contributed by atoms with Gasteiger partial charge >= 0.3 is 11.8 Å². The SMILES string of the molecule is COc1cc(/C=N\NC(=O)C(=O)NC2CC2)cc(Cl)c1OCC(=O)Nc1ccc(C)cc1C. The number of halogens is 1. The van der Waals surface area contributed by atoms with E-state index in [9.17, 15) is 14.4 Å². The summed E-state index contributed by atoms with van der Waals surface area (Å²) in [6.45, 7) is 3.61. The lowest BCUT2D eigenvalue weighted by molar-refractivity contribution is -0.139. The molecule has 2 aromatic rings. The number of nitrogens with one attached hydrogen (secondary N) is 3. The number of carbonyl (C=O) groups excluding carboxylic acids is 3. The van der Waals surface area contributed by atoms with Crippen molar-refractivity contribution in [2.24, 2.45) is 5.10 Å². The Kier molecular flexibility index (Phi) is 7.89. The maximum absolute atomic E-state index is 12.3. The van der Waals surface area contributed by atoms with Crippen LogP contribution < -0.4 is 25.5 Å². The first-order valence-corrected chi connectivity index (χ1v) is 10.7. The highest BCUT2D eigenvalue weighted by Crippen LogP contribution is 2.36. The predicted octanol–water partition coefficient (Wildman–Crippen LogP) is 2.71. The van der Waals surface area contributed by atoms with E-state index in [0.29, 0.717) is 11.3 Å². The van der Waals surface area contributed by atoms with E-state index < -0.39 is 11.8 Å². The number of nitrogens with zero attached hydrogens (tertiary/aromatic N) is 1. The molecule has 3 N–H and O–H groups in total. The zero-order chi connectivity index (χ0) is 24.0. The third-order valence-electron chi connectivity index (χ3n) is 4.75. The number of benzene rings is 2. The highest BCUT2D eigenvalue weighted by molar-refractivity contribution is 6.35. The molecule has 1 saturated carbocycles. The molecule has 1 fully saturated rings. The molecule has 0 saturated heterocycles. The second kappa shape index (κ2) is 10.8. The van der Waals surface area contributed by atoms with Gasteiger partial charge in [-0.1, -0.05) is 29.3 Å². The first-order chi connectivity index (χ1) is 15.8. The van der Waals surface area contributed by atoms with Crippen LogP contribution in [0.5, 0.6) is 11.5 Å². The molecule has 0 aromatic heterocycles. The summed E-state index contributed by atoms with van der Waals surface area (Å²) in [6.07, 6.45) is 3.07. The minimum atomic E-state index is -0.856. The molecule has 0 atom stereocenters. The Morgan fingerprint density at radius 1 is 1.15 bits per heavy atom. The van der Waals surface area contributed by atoms with E-state index in [1.165, 1.54) is 19.4 Å². The van der Waals surface area contributed by atoms with Gasteiger partial charge in [0.1, 0.15) is 0 Å². The summed E-state index contributed by atoms with van der Waals surface area (Å²) in [6, 6.07) is 8.89. The molecule has 1 aliphatic carbocycles. The van der Waals surface area contributed by atoms with Crippen molar-refractivity contribution in [3.05, 3.63) is 52.0 Å². The molecular formula is C23H25ClN4O5. The molecule has 0 heterocycles. The van der Waals surface area contributed by atoms with Gasteiger partial charge in [0.15, 0.2) is 18.1 Å². The third kappa shape index (κ3) is 6.95. The Morgan fingerprint density at radius 3 is 2.58 bits per heavy atom. The smallest absolute Gasteiger partial charge is 0.329 e. The van der Waals surface area contributed by atoms with Gasteiger partial charge in [-0.05, 0) is 56.0 Å². The van der Waals surface area contributed by atoms with Gasteiger partial charge in [0.2, 0.25) is 0 Å². The van der Waals surface area contributed by atoms with Crippen molar-refractivity contribution in [2.75, 3.05) is 19.0 Å². The summed E-state index contributed by atoms with van der Waals surface area (Å²) in [5, 5.41) is 9.32. The van der Waals surface area contributed by atoms with Crippen LogP contribution in [0.25, 0.3) is 0 Å². The quantitative estimate of drug-likeness (QED) is 0.310. The standard InChI is InChI=1S/C23H25ClN4O5/c1-13-4-7-18(14(2)8-13)27-20(29)12-33-21-17(24)9-15(10-19(21)32-3)11-25-28-23(31)22(30)26-16-5-6-16/h4,7-11,16H,5-6,12H2,1-3H3,(H,26,30)(H,27,29)(H,28,31)/b25-11-. The Bertz CT molecular complexity index is 1100. The minimum absolute atomic E-state index is 0.0748. The van der Waals surface area contributed by atoms with Crippen LogP contribution in [0.4, 0.5) is 5.69 Å². The highest BCUT2D eigenvalue weighted by Gasteiger charge is 2.26. The van der Waals surface area contributed by atoms with Crippen molar-refractivity contribution in [2.45, 2.75) is 32.7 Å². The second-order valence-electron chi connectivity index (χ2n) is 7.64. The lowest BCUT2D eigenvalue weighted by atomic mass is 10.1. The number of methoxy groups -OCH3 is 1. The van der Waals surface area contributed by atoms with Crippen LogP contribution in [-0.4, -0.2) is 43.7 Å². The van der Waals surface area contributed by atoms with E-state index in [1.807, 2.05) is 32.0 Å². The molecule has 0 unspecified atom stereocenters. The van der Waals surface area contributed by atoms with Crippen molar-refractivity contribution >= 4 is 41.2 Å². The molecule has 0 spiro atoms. The van der Waals surface area contributed by atoms with Crippen LogP contribution in [0.1, 0.15) is 29.5 Å². The summed E-state index contributed by atoms with van der Waals surface area (Å²) >= 11 is 6.31. The van der Waals surface area contributed by atoms with Gasteiger partial charge in [-0.15, -0.1) is 0 Å². The fourth-order valence-corrected chi connectivity index (χ4v) is 3.20. The summed E-state index contributed by atoms with van der Waals surface area (Å²) in [7, 11) is 1.43. The molecule has 3 rings (SSSR count). The zero-order valence-corrected chi connectivity index (χ0v) is 19.3. The van der Waals surface area contributed by atoms with Crippen LogP contribution in [0.3, 0.4) is 0 Å². The monoisotopic (exact) mass is 472 g/mol. The highest BCUT2D eigenvalue weighted by atomic mass is 35.5. The zero-order valence-electron chi connectivity index (χ0n) is 18.5. The Labute approximate surface area is 196 Å². The van der Waals surface area contributed by atoms with Crippen LogP contribution in [0.15, 0.2) is 35.4 Å². The lowest BCUT2D eigenvalue weighted by Crippen LogP contribution is -2.38. The summed E-state index contributed by atoms with van der Waals surface area (Å²) in [4.78, 5) is 35.7. The molecule has 0 bridgehead atoms. The van der Waals surface area contributed by atoms with Crippen LogP contribution in [0, 0.1) is 13.8 Å². The van der Waals surface area contributed by atoms with Gasteiger partial charge < -0.3 is 20.1 Å². The number of hydrogen-bond donors (Lipinski definition) is 3. The molecule has 2 aromatic carbocycles. The minimum Gasteiger partial charge on any atom is -0.493 e. The molecule has 0 radical (unpaired) electrons. The Hall–Kier alpha value is -3.59. The molecular weight excluding hydrogens is 448 g/mol. The van der Waals surface area contributed by atoms with Crippen molar-refractivity contribution in [3.63, 3.8) is 0 Å². The van der Waals surface area contributed by atoms with Gasteiger partial charge in [0.05, 0.1) is 18.3 Å². The Balaban J connectivity index is 1.59. The van der Waals surface area contributed by atoms with Gasteiger partial charge in [0, 0.05) is 11.7 Å². The van der Waals surface area contributed by atoms with E-state index in [2.05, 4.69) is 21.2 Å². The van der Waals surface area contributed by atoms with Crippen molar-refractivity contribution < 1.29 is 23.9 Å². The molecule has 0 aliphatic heterocycles. The molecule has 174 valence electrons. The number of ether oxygens (including phenoxy) is 2. The molecule has 10 heteroatoms. The number of carbonyl (C=O) groups is 3. The normalized spacial score (nSPS) is 12.8. The largest absolute Gasteiger partial charge is 0.493 e. The molecule has 3 amide bonds. The first-order valence-electron chi connectivity index (χ1n) is 10.3. The molecule has 33 heavy (non-hydrogen) atoms. The van der Waals surface area contributed by atoms with Crippen molar-refractivity contribution in [1.29, 1.82) is 0 Å². The van der Waals surface area contributed by atoms with Crippen molar-refractivity contribution in [3.8, 4) is 11.5 Å². The van der Waals surface area contributed by atoms with Crippen LogP contribution in [-0.2, 0) is 14.4 Å².